The van der Waals surface area contributed by atoms with Gasteiger partial charge in [-0.2, -0.15) is 16.3 Å². The van der Waals surface area contributed by atoms with Gasteiger partial charge < -0.3 is 14.2 Å². The molecule has 4 aromatic rings. The minimum absolute atomic E-state index is 0.662. The van der Waals surface area contributed by atoms with Gasteiger partial charge in [-0.25, -0.2) is 0 Å². The number of nitrogens with zero attached hydrogens (tertiary/aromatic N) is 3. The molecule has 1 aliphatic heterocycles. The summed E-state index contributed by atoms with van der Waals surface area (Å²) in [7, 11) is 1.70. The quantitative estimate of drug-likeness (QED) is 0.539. The molecule has 0 saturated carbocycles. The van der Waals surface area contributed by atoms with Crippen molar-refractivity contribution in [1.29, 1.82) is 0 Å². The minimum Gasteiger partial charge on any atom is -0.497 e. The lowest BCUT2D eigenvalue weighted by Crippen LogP contribution is -2.28. The molecule has 6 nitrogen and oxygen atoms in total. The van der Waals surface area contributed by atoms with Gasteiger partial charge in [0, 0.05) is 46.7 Å². The van der Waals surface area contributed by atoms with Crippen molar-refractivity contribution in [3.63, 3.8) is 0 Å². The summed E-state index contributed by atoms with van der Waals surface area (Å²) in [5.41, 5.74) is 4.76. The molecule has 1 aromatic carbocycles. The largest absolute Gasteiger partial charge is 0.497 e. The first-order valence-electron chi connectivity index (χ1n) is 9.22. The number of aromatic nitrogens is 3. The number of hydrogen-bond acceptors (Lipinski definition) is 6. The van der Waals surface area contributed by atoms with Gasteiger partial charge in [0.1, 0.15) is 5.75 Å². The van der Waals surface area contributed by atoms with E-state index in [9.17, 15) is 0 Å². The van der Waals surface area contributed by atoms with Crippen molar-refractivity contribution in [1.82, 2.24) is 20.0 Å². The Morgan fingerprint density at radius 2 is 2.29 bits per heavy atom. The predicted octanol–water partition coefficient (Wildman–Crippen LogP) is 4.58. The van der Waals surface area contributed by atoms with Crippen LogP contribution in [-0.2, 0) is 6.54 Å². The molecule has 4 heterocycles. The van der Waals surface area contributed by atoms with Gasteiger partial charge in [-0.3, -0.25) is 4.90 Å². The van der Waals surface area contributed by atoms with Crippen molar-refractivity contribution in [2.75, 3.05) is 20.2 Å². The van der Waals surface area contributed by atoms with E-state index in [4.69, 9.17) is 9.26 Å². The summed E-state index contributed by atoms with van der Waals surface area (Å²) < 4.78 is 10.8. The fraction of sp³-hybridized carbons (Fsp3) is 0.238. The molecular formula is C21H20N4O2S. The minimum atomic E-state index is 0.662. The molecule has 7 heteroatoms. The van der Waals surface area contributed by atoms with Crippen molar-refractivity contribution in [3.8, 4) is 17.1 Å². The van der Waals surface area contributed by atoms with Crippen LogP contribution in [-0.4, -0.2) is 40.2 Å². The van der Waals surface area contributed by atoms with Crippen molar-refractivity contribution in [2.45, 2.75) is 13.0 Å². The summed E-state index contributed by atoms with van der Waals surface area (Å²) in [6, 6.07) is 8.15. The van der Waals surface area contributed by atoms with Gasteiger partial charge in [0.2, 0.25) is 11.7 Å². The van der Waals surface area contributed by atoms with Crippen molar-refractivity contribution < 1.29 is 9.26 Å². The molecule has 0 fully saturated rings. The third-order valence-corrected chi connectivity index (χ3v) is 5.82. The number of ether oxygens (including phenoxy) is 1. The Hall–Kier alpha value is -2.90. The monoisotopic (exact) mass is 392 g/mol. The van der Waals surface area contributed by atoms with Crippen molar-refractivity contribution >= 4 is 27.8 Å². The Labute approximate surface area is 166 Å². The highest BCUT2D eigenvalue weighted by atomic mass is 32.1. The molecule has 0 aliphatic carbocycles. The van der Waals surface area contributed by atoms with Crippen LogP contribution in [0.15, 0.2) is 51.8 Å². The zero-order chi connectivity index (χ0) is 18.9. The van der Waals surface area contributed by atoms with Crippen LogP contribution in [0.1, 0.15) is 17.9 Å². The standard InChI is InChI=1S/C21H20N4O2S/c1-26-16-2-3-19-17(10-16)18(11-22-19)14-4-7-25(8-5-14)12-20-23-21(24-27-20)15-6-9-28-13-15/h2-4,6,9-11,13,22H,5,7-8,12H2,1H3. The van der Waals surface area contributed by atoms with Crippen molar-refractivity contribution in [2.24, 2.45) is 0 Å². The molecule has 0 spiro atoms. The number of aromatic amines is 1. The van der Waals surface area contributed by atoms with E-state index in [2.05, 4.69) is 44.4 Å². The number of hydrogen-bond donors (Lipinski definition) is 1. The zero-order valence-electron chi connectivity index (χ0n) is 15.5. The number of benzene rings is 1. The molecule has 1 N–H and O–H groups in total. The van der Waals surface area contributed by atoms with Gasteiger partial charge >= 0.3 is 0 Å². The van der Waals surface area contributed by atoms with E-state index in [-0.39, 0.29) is 0 Å². The molecule has 28 heavy (non-hydrogen) atoms. The van der Waals surface area contributed by atoms with E-state index in [0.29, 0.717) is 18.3 Å². The average molecular weight is 392 g/mol. The second-order valence-electron chi connectivity index (χ2n) is 6.85. The molecule has 0 radical (unpaired) electrons. The lowest BCUT2D eigenvalue weighted by molar-refractivity contribution is 0.245. The summed E-state index contributed by atoms with van der Waals surface area (Å²) in [6.45, 7) is 2.49. The number of rotatable bonds is 5. The third kappa shape index (κ3) is 3.23. The fourth-order valence-electron chi connectivity index (χ4n) is 3.61. The number of thiophene rings is 1. The SMILES string of the molecule is COc1ccc2[nH]cc(C3=CCN(Cc4nc(-c5ccsc5)no4)CC3)c2c1. The maximum Gasteiger partial charge on any atom is 0.241 e. The summed E-state index contributed by atoms with van der Waals surface area (Å²) in [6.07, 6.45) is 5.37. The topological polar surface area (TPSA) is 67.2 Å². The van der Waals surface area contributed by atoms with Crippen molar-refractivity contribution in [3.05, 3.63) is 58.8 Å². The highest BCUT2D eigenvalue weighted by Crippen LogP contribution is 2.31. The van der Waals surface area contributed by atoms with Gasteiger partial charge in [0.25, 0.3) is 0 Å². The highest BCUT2D eigenvalue weighted by Gasteiger charge is 2.18. The Morgan fingerprint density at radius 1 is 1.32 bits per heavy atom. The number of methoxy groups -OCH3 is 1. The van der Waals surface area contributed by atoms with E-state index in [1.807, 2.05) is 22.9 Å². The number of nitrogens with one attached hydrogen (secondary N) is 1. The Morgan fingerprint density at radius 3 is 3.07 bits per heavy atom. The molecule has 0 saturated heterocycles. The number of H-pyrrole nitrogens is 1. The Bertz CT molecular complexity index is 1130. The lowest BCUT2D eigenvalue weighted by Gasteiger charge is -2.24. The maximum absolute atomic E-state index is 5.44. The summed E-state index contributed by atoms with van der Waals surface area (Å²) >= 11 is 1.63. The molecule has 5 rings (SSSR count). The van der Waals surface area contributed by atoms with Crippen LogP contribution >= 0.6 is 11.3 Å². The summed E-state index contributed by atoms with van der Waals surface area (Å²) in [4.78, 5) is 10.2. The third-order valence-electron chi connectivity index (χ3n) is 5.13. The van der Waals surface area contributed by atoms with Crippen LogP contribution in [0.4, 0.5) is 0 Å². The molecule has 0 atom stereocenters. The van der Waals surface area contributed by atoms with Gasteiger partial charge in [-0.05, 0) is 41.6 Å². The van der Waals surface area contributed by atoms with Crippen LogP contribution in [0.3, 0.4) is 0 Å². The second kappa shape index (κ2) is 7.26. The Kier molecular flexibility index (Phi) is 4.46. The second-order valence-corrected chi connectivity index (χ2v) is 7.63. The molecular weight excluding hydrogens is 372 g/mol. The summed E-state index contributed by atoms with van der Waals surface area (Å²) in [5.74, 6) is 2.20. The number of fused-ring (bicyclic) bond motifs is 1. The molecule has 3 aromatic heterocycles. The molecule has 0 unspecified atom stereocenters. The molecule has 142 valence electrons. The first-order chi connectivity index (χ1) is 13.8. The maximum atomic E-state index is 5.44. The van der Waals surface area contributed by atoms with Gasteiger partial charge in [-0.15, -0.1) is 0 Å². The predicted molar refractivity (Wildman–Crippen MR) is 110 cm³/mol. The van der Waals surface area contributed by atoms with Crippen LogP contribution in [0.25, 0.3) is 27.9 Å². The van der Waals surface area contributed by atoms with E-state index < -0.39 is 0 Å². The van der Waals surface area contributed by atoms with E-state index >= 15 is 0 Å². The smallest absolute Gasteiger partial charge is 0.241 e. The van der Waals surface area contributed by atoms with E-state index in [1.165, 1.54) is 16.5 Å². The summed E-state index contributed by atoms with van der Waals surface area (Å²) in [5, 5.41) is 9.34. The van der Waals surface area contributed by atoms with Gasteiger partial charge in [-0.1, -0.05) is 11.2 Å². The van der Waals surface area contributed by atoms with E-state index in [0.717, 1.165) is 36.3 Å². The van der Waals surface area contributed by atoms with E-state index in [1.54, 1.807) is 18.4 Å². The van der Waals surface area contributed by atoms with Crippen LogP contribution in [0.2, 0.25) is 0 Å². The van der Waals surface area contributed by atoms with Crippen LogP contribution < -0.4 is 4.74 Å². The highest BCUT2D eigenvalue weighted by molar-refractivity contribution is 7.08. The average Bonchev–Trinajstić information content (AvgIpc) is 3.48. The van der Waals surface area contributed by atoms with Gasteiger partial charge in [0.05, 0.1) is 13.7 Å². The zero-order valence-corrected chi connectivity index (χ0v) is 16.3. The first-order valence-corrected chi connectivity index (χ1v) is 10.2. The Balaban J connectivity index is 1.30. The fourth-order valence-corrected chi connectivity index (χ4v) is 4.25. The lowest BCUT2D eigenvalue weighted by atomic mass is 9.99. The molecule has 0 bridgehead atoms. The van der Waals surface area contributed by atoms with Crippen LogP contribution in [0, 0.1) is 0 Å². The molecule has 0 amide bonds. The van der Waals surface area contributed by atoms with Crippen LogP contribution in [0.5, 0.6) is 5.75 Å². The molecule has 1 aliphatic rings. The van der Waals surface area contributed by atoms with Gasteiger partial charge in [0.15, 0.2) is 0 Å². The first kappa shape index (κ1) is 17.2. The normalized spacial score (nSPS) is 15.1.